The van der Waals surface area contributed by atoms with E-state index in [1.54, 1.807) is 30.3 Å². The Kier molecular flexibility index (Phi) is 4.10. The highest BCUT2D eigenvalue weighted by Crippen LogP contribution is 2.28. The van der Waals surface area contributed by atoms with Gasteiger partial charge in [0.15, 0.2) is 0 Å². The molecule has 0 spiro atoms. The zero-order chi connectivity index (χ0) is 15.5. The van der Waals surface area contributed by atoms with Crippen LogP contribution in [0, 0.1) is 0 Å². The van der Waals surface area contributed by atoms with Crippen LogP contribution in [0.5, 0.6) is 0 Å². The Morgan fingerprint density at radius 3 is 3.14 bits per heavy atom. The molecule has 8 heteroatoms. The second kappa shape index (κ2) is 6.18. The summed E-state index contributed by atoms with van der Waals surface area (Å²) < 4.78 is 9.43. The van der Waals surface area contributed by atoms with Gasteiger partial charge in [0, 0.05) is 38.8 Å². The minimum Gasteiger partial charge on any atom is -0.368 e. The molecule has 8 nitrogen and oxygen atoms in total. The predicted molar refractivity (Wildman–Crippen MR) is 80.4 cm³/mol. The van der Waals surface area contributed by atoms with Crippen molar-refractivity contribution in [3.63, 3.8) is 0 Å². The summed E-state index contributed by atoms with van der Waals surface area (Å²) in [6.07, 6.45) is 7.58. The highest BCUT2D eigenvalue weighted by Gasteiger charge is 2.33. The van der Waals surface area contributed by atoms with E-state index in [1.807, 2.05) is 10.8 Å². The summed E-state index contributed by atoms with van der Waals surface area (Å²) in [4.78, 5) is 16.5. The summed E-state index contributed by atoms with van der Waals surface area (Å²) >= 11 is 0. The van der Waals surface area contributed by atoms with Crippen LogP contribution in [0.3, 0.4) is 0 Å². The van der Waals surface area contributed by atoms with Crippen LogP contribution < -0.4 is 10.6 Å². The summed E-state index contributed by atoms with van der Waals surface area (Å²) in [5.41, 5.74) is 0.658. The molecular weight excluding hydrogens is 284 g/mol. The number of carbonyl (C=O) groups excluding carboxylic acids is 1. The smallest absolute Gasteiger partial charge is 0.319 e. The van der Waals surface area contributed by atoms with E-state index >= 15 is 0 Å². The average molecular weight is 304 g/mol. The summed E-state index contributed by atoms with van der Waals surface area (Å²) in [5, 5.41) is 9.74. The molecule has 1 saturated heterocycles. The molecular formula is C14H20N6O2. The third-order valence-corrected chi connectivity index (χ3v) is 3.71. The quantitative estimate of drug-likeness (QED) is 0.891. The first kappa shape index (κ1) is 14.6. The second-order valence-corrected chi connectivity index (χ2v) is 5.26. The van der Waals surface area contributed by atoms with Crippen LogP contribution in [0.1, 0.15) is 25.3 Å². The van der Waals surface area contributed by atoms with Crippen LogP contribution >= 0.6 is 0 Å². The molecule has 22 heavy (non-hydrogen) atoms. The fourth-order valence-corrected chi connectivity index (χ4v) is 2.66. The summed E-state index contributed by atoms with van der Waals surface area (Å²) in [7, 11) is 1.80. The van der Waals surface area contributed by atoms with Crippen molar-refractivity contribution in [2.75, 3.05) is 11.9 Å². The van der Waals surface area contributed by atoms with Crippen molar-refractivity contribution >= 4 is 11.7 Å². The SMILES string of the molecule is CCn1ccnc1[C@H]1OCC[C@@H]1NC(=O)Nc1cnn(C)c1. The number of nitrogens with one attached hydrogen (secondary N) is 2. The molecule has 118 valence electrons. The van der Waals surface area contributed by atoms with Gasteiger partial charge in [0.2, 0.25) is 0 Å². The van der Waals surface area contributed by atoms with Gasteiger partial charge in [-0.25, -0.2) is 9.78 Å². The van der Waals surface area contributed by atoms with Gasteiger partial charge in [0.05, 0.1) is 17.9 Å². The number of anilines is 1. The number of rotatable bonds is 4. The van der Waals surface area contributed by atoms with Crippen molar-refractivity contribution < 1.29 is 9.53 Å². The van der Waals surface area contributed by atoms with Crippen LogP contribution in [-0.4, -0.2) is 38.0 Å². The molecule has 2 aromatic rings. The number of hydrogen-bond donors (Lipinski definition) is 2. The number of amides is 2. The number of urea groups is 1. The number of aryl methyl sites for hydroxylation is 2. The van der Waals surface area contributed by atoms with Crippen molar-refractivity contribution in [3.05, 3.63) is 30.6 Å². The third kappa shape index (κ3) is 2.96. The van der Waals surface area contributed by atoms with Gasteiger partial charge >= 0.3 is 6.03 Å². The topological polar surface area (TPSA) is 86.0 Å². The zero-order valence-electron chi connectivity index (χ0n) is 12.7. The lowest BCUT2D eigenvalue weighted by molar-refractivity contribution is 0.0906. The molecule has 3 heterocycles. The van der Waals surface area contributed by atoms with Crippen molar-refractivity contribution in [2.45, 2.75) is 32.0 Å². The van der Waals surface area contributed by atoms with Gasteiger partial charge in [-0.15, -0.1) is 0 Å². The van der Waals surface area contributed by atoms with Gasteiger partial charge in [0.25, 0.3) is 0 Å². The van der Waals surface area contributed by atoms with E-state index in [9.17, 15) is 4.79 Å². The van der Waals surface area contributed by atoms with E-state index in [0.29, 0.717) is 12.3 Å². The molecule has 1 aliphatic rings. The minimum absolute atomic E-state index is 0.0932. The van der Waals surface area contributed by atoms with Gasteiger partial charge in [-0.1, -0.05) is 0 Å². The van der Waals surface area contributed by atoms with E-state index in [2.05, 4.69) is 27.6 Å². The van der Waals surface area contributed by atoms with E-state index in [4.69, 9.17) is 4.74 Å². The predicted octanol–water partition coefficient (Wildman–Crippen LogP) is 1.29. The highest BCUT2D eigenvalue weighted by molar-refractivity contribution is 5.89. The fourth-order valence-electron chi connectivity index (χ4n) is 2.66. The second-order valence-electron chi connectivity index (χ2n) is 5.26. The molecule has 2 aromatic heterocycles. The summed E-state index contributed by atoms with van der Waals surface area (Å²) in [6.45, 7) is 3.49. The molecule has 1 aliphatic heterocycles. The van der Waals surface area contributed by atoms with Gasteiger partial charge in [-0.05, 0) is 13.3 Å². The van der Waals surface area contributed by atoms with Gasteiger partial charge < -0.3 is 19.9 Å². The molecule has 0 saturated carbocycles. The average Bonchev–Trinajstić information content (AvgIpc) is 3.19. The maximum absolute atomic E-state index is 12.1. The monoisotopic (exact) mass is 304 g/mol. The third-order valence-electron chi connectivity index (χ3n) is 3.71. The minimum atomic E-state index is -0.261. The maximum Gasteiger partial charge on any atom is 0.319 e. The lowest BCUT2D eigenvalue weighted by atomic mass is 10.1. The lowest BCUT2D eigenvalue weighted by Gasteiger charge is -2.20. The van der Waals surface area contributed by atoms with Gasteiger partial charge in [0.1, 0.15) is 11.9 Å². The van der Waals surface area contributed by atoms with Crippen molar-refractivity contribution in [1.82, 2.24) is 24.6 Å². The van der Waals surface area contributed by atoms with Crippen LogP contribution in [0.15, 0.2) is 24.8 Å². The molecule has 0 unspecified atom stereocenters. The highest BCUT2D eigenvalue weighted by atomic mass is 16.5. The largest absolute Gasteiger partial charge is 0.368 e. The van der Waals surface area contributed by atoms with Crippen molar-refractivity contribution in [1.29, 1.82) is 0 Å². The van der Waals surface area contributed by atoms with Gasteiger partial charge in [-0.3, -0.25) is 4.68 Å². The number of hydrogen-bond acceptors (Lipinski definition) is 4. The zero-order valence-corrected chi connectivity index (χ0v) is 12.7. The number of carbonyl (C=O) groups is 1. The molecule has 0 bridgehead atoms. The van der Waals surface area contributed by atoms with E-state index in [1.165, 1.54) is 0 Å². The van der Waals surface area contributed by atoms with Crippen molar-refractivity contribution in [2.24, 2.45) is 7.05 Å². The maximum atomic E-state index is 12.1. The molecule has 2 amide bonds. The molecule has 2 N–H and O–H groups in total. The summed E-state index contributed by atoms with van der Waals surface area (Å²) in [5.74, 6) is 0.853. The molecule has 2 atom stereocenters. The first-order chi connectivity index (χ1) is 10.7. The Morgan fingerprint density at radius 1 is 1.55 bits per heavy atom. The van der Waals surface area contributed by atoms with E-state index in [-0.39, 0.29) is 18.2 Å². The first-order valence-electron chi connectivity index (χ1n) is 7.36. The normalized spacial score (nSPS) is 21.0. The van der Waals surface area contributed by atoms with Crippen molar-refractivity contribution in [3.8, 4) is 0 Å². The Labute approximate surface area is 128 Å². The number of nitrogens with zero attached hydrogens (tertiary/aromatic N) is 4. The number of imidazole rings is 1. The molecule has 0 aliphatic carbocycles. The number of aromatic nitrogens is 4. The Balaban J connectivity index is 1.65. The molecule has 0 aromatic carbocycles. The number of ether oxygens (including phenoxy) is 1. The Hall–Kier alpha value is -2.35. The molecule has 0 radical (unpaired) electrons. The van der Waals surface area contributed by atoms with Crippen LogP contribution in [-0.2, 0) is 18.3 Å². The van der Waals surface area contributed by atoms with E-state index < -0.39 is 0 Å². The fraction of sp³-hybridized carbons (Fsp3) is 0.500. The lowest BCUT2D eigenvalue weighted by Crippen LogP contribution is -2.40. The Morgan fingerprint density at radius 2 is 2.41 bits per heavy atom. The first-order valence-corrected chi connectivity index (χ1v) is 7.36. The standard InChI is InChI=1S/C14H20N6O2/c1-3-20-6-5-15-13(20)12-11(4-7-22-12)18-14(21)17-10-8-16-19(2)9-10/h5-6,8-9,11-12H,3-4,7H2,1-2H3,(H2,17,18,21)/t11-,12-/m0/s1. The molecule has 1 fully saturated rings. The Bertz CT molecular complexity index is 649. The summed E-state index contributed by atoms with van der Waals surface area (Å²) in [6, 6.07) is -0.354. The molecule has 3 rings (SSSR count). The van der Waals surface area contributed by atoms with Gasteiger partial charge in [-0.2, -0.15) is 5.10 Å². The van der Waals surface area contributed by atoms with Crippen LogP contribution in [0.25, 0.3) is 0 Å². The van der Waals surface area contributed by atoms with Crippen LogP contribution in [0.4, 0.5) is 10.5 Å². The van der Waals surface area contributed by atoms with Crippen LogP contribution in [0.2, 0.25) is 0 Å². The van der Waals surface area contributed by atoms with E-state index in [0.717, 1.165) is 18.8 Å².